The Morgan fingerprint density at radius 1 is 0.923 bits per heavy atom. The van der Waals surface area contributed by atoms with E-state index < -0.39 is 0 Å². The van der Waals surface area contributed by atoms with Crippen molar-refractivity contribution in [2.24, 2.45) is 0 Å². The molecule has 0 spiro atoms. The minimum Gasteiger partial charge on any atom is -0.455 e. The molecule has 1 heterocycles. The highest BCUT2D eigenvalue weighted by Crippen LogP contribution is 2.24. The number of para-hydroxylation sites is 1. The molecule has 0 saturated carbocycles. The Hall–Kier alpha value is -3.40. The molecule has 0 bridgehead atoms. The van der Waals surface area contributed by atoms with Crippen molar-refractivity contribution in [1.29, 1.82) is 0 Å². The van der Waals surface area contributed by atoms with E-state index in [4.69, 9.17) is 4.42 Å². The van der Waals surface area contributed by atoms with Crippen LogP contribution in [0.4, 0.5) is 5.69 Å². The summed E-state index contributed by atoms with van der Waals surface area (Å²) < 4.78 is 5.95. The van der Waals surface area contributed by atoms with E-state index in [9.17, 15) is 9.59 Å². The summed E-state index contributed by atoms with van der Waals surface area (Å²) in [7, 11) is 0. The number of hydrogen-bond acceptors (Lipinski definition) is 3. The van der Waals surface area contributed by atoms with Gasteiger partial charge in [0.05, 0.1) is 10.8 Å². The van der Waals surface area contributed by atoms with Crippen LogP contribution in [0.5, 0.6) is 0 Å². The lowest BCUT2D eigenvalue weighted by Crippen LogP contribution is -2.12. The van der Waals surface area contributed by atoms with Crippen LogP contribution in [-0.2, 0) is 0 Å². The highest BCUT2D eigenvalue weighted by Gasteiger charge is 2.11. The van der Waals surface area contributed by atoms with Gasteiger partial charge in [-0.3, -0.25) is 9.59 Å². The van der Waals surface area contributed by atoms with Gasteiger partial charge in [0.25, 0.3) is 5.91 Å². The van der Waals surface area contributed by atoms with Gasteiger partial charge in [-0.15, -0.1) is 0 Å². The van der Waals surface area contributed by atoms with E-state index in [2.05, 4.69) is 5.32 Å². The molecule has 0 aliphatic heterocycles. The summed E-state index contributed by atoms with van der Waals surface area (Å²) in [6.45, 7) is 3.87. The number of hydrogen-bond donors (Lipinski definition) is 1. The van der Waals surface area contributed by atoms with E-state index in [0.717, 1.165) is 11.1 Å². The number of rotatable bonds is 2. The maximum atomic E-state index is 12.7. The zero-order chi connectivity index (χ0) is 18.3. The van der Waals surface area contributed by atoms with E-state index in [1.165, 1.54) is 0 Å². The first-order valence-corrected chi connectivity index (χ1v) is 8.37. The van der Waals surface area contributed by atoms with Crippen LogP contribution in [0.1, 0.15) is 21.5 Å². The van der Waals surface area contributed by atoms with Gasteiger partial charge in [0, 0.05) is 17.3 Å². The molecular formula is C22H17NO3. The number of carbonyl (C=O) groups excluding carboxylic acids is 1. The van der Waals surface area contributed by atoms with E-state index in [1.807, 2.05) is 38.1 Å². The average Bonchev–Trinajstić information content (AvgIpc) is 2.63. The summed E-state index contributed by atoms with van der Waals surface area (Å²) in [5.74, 6) is -0.205. The smallest absolute Gasteiger partial charge is 0.255 e. The third-order valence-electron chi connectivity index (χ3n) is 4.47. The van der Waals surface area contributed by atoms with Crippen LogP contribution in [0.15, 0.2) is 69.9 Å². The van der Waals surface area contributed by atoms with Gasteiger partial charge in [-0.25, -0.2) is 0 Å². The molecule has 4 nitrogen and oxygen atoms in total. The van der Waals surface area contributed by atoms with Gasteiger partial charge in [0.2, 0.25) is 5.43 Å². The lowest BCUT2D eigenvalue weighted by Gasteiger charge is -2.08. The van der Waals surface area contributed by atoms with Crippen molar-refractivity contribution >= 4 is 33.5 Å². The van der Waals surface area contributed by atoms with Crippen molar-refractivity contribution in [2.75, 3.05) is 5.32 Å². The molecule has 0 aliphatic rings. The normalized spacial score (nSPS) is 11.0. The first-order chi connectivity index (χ1) is 12.5. The third-order valence-corrected chi connectivity index (χ3v) is 4.47. The van der Waals surface area contributed by atoms with Crippen LogP contribution >= 0.6 is 0 Å². The molecule has 4 aromatic rings. The van der Waals surface area contributed by atoms with E-state index in [1.54, 1.807) is 36.4 Å². The Labute approximate surface area is 150 Å². The molecule has 0 saturated heterocycles. The van der Waals surface area contributed by atoms with Gasteiger partial charge in [0.1, 0.15) is 11.2 Å². The fraction of sp³-hybridized carbons (Fsp3) is 0.0909. The Morgan fingerprint density at radius 2 is 1.69 bits per heavy atom. The Balaban J connectivity index is 1.76. The molecule has 26 heavy (non-hydrogen) atoms. The number of amides is 1. The zero-order valence-electron chi connectivity index (χ0n) is 14.5. The minimum atomic E-state index is -0.205. The fourth-order valence-corrected chi connectivity index (χ4v) is 3.00. The lowest BCUT2D eigenvalue weighted by molar-refractivity contribution is 0.102. The van der Waals surface area contributed by atoms with Crippen LogP contribution in [0.2, 0.25) is 0 Å². The zero-order valence-corrected chi connectivity index (χ0v) is 14.5. The molecule has 0 unspecified atom stereocenters. The average molecular weight is 343 g/mol. The molecule has 3 aromatic carbocycles. The molecule has 0 atom stereocenters. The van der Waals surface area contributed by atoms with Gasteiger partial charge in [0.15, 0.2) is 0 Å². The van der Waals surface area contributed by atoms with Gasteiger partial charge in [-0.05, 0) is 49.7 Å². The molecule has 0 fully saturated rings. The Morgan fingerprint density at radius 3 is 2.46 bits per heavy atom. The number of carbonyl (C=O) groups is 1. The predicted octanol–water partition coefficient (Wildman–Crippen LogP) is 4.82. The predicted molar refractivity (Wildman–Crippen MR) is 104 cm³/mol. The summed E-state index contributed by atoms with van der Waals surface area (Å²) in [5.41, 5.74) is 4.12. The molecule has 1 aromatic heterocycles. The Kier molecular flexibility index (Phi) is 3.81. The first-order valence-electron chi connectivity index (χ1n) is 8.37. The van der Waals surface area contributed by atoms with Crippen LogP contribution in [0.25, 0.3) is 21.9 Å². The number of benzene rings is 3. The second-order valence-corrected chi connectivity index (χ2v) is 6.41. The maximum absolute atomic E-state index is 12.7. The van der Waals surface area contributed by atoms with E-state index in [0.29, 0.717) is 33.2 Å². The van der Waals surface area contributed by atoms with Crippen LogP contribution in [0.3, 0.4) is 0 Å². The molecule has 0 radical (unpaired) electrons. The first kappa shape index (κ1) is 16.1. The second-order valence-electron chi connectivity index (χ2n) is 6.41. The van der Waals surface area contributed by atoms with Crippen LogP contribution in [-0.4, -0.2) is 5.91 Å². The lowest BCUT2D eigenvalue weighted by atomic mass is 10.1. The summed E-state index contributed by atoms with van der Waals surface area (Å²) in [4.78, 5) is 25.1. The van der Waals surface area contributed by atoms with Crippen molar-refractivity contribution in [3.05, 3.63) is 87.6 Å². The number of fused-ring (bicyclic) bond motifs is 2. The van der Waals surface area contributed by atoms with Crippen molar-refractivity contribution in [2.45, 2.75) is 13.8 Å². The molecule has 4 heteroatoms. The van der Waals surface area contributed by atoms with Gasteiger partial charge in [-0.1, -0.05) is 29.8 Å². The van der Waals surface area contributed by atoms with Crippen LogP contribution < -0.4 is 10.7 Å². The van der Waals surface area contributed by atoms with Crippen molar-refractivity contribution in [3.8, 4) is 0 Å². The van der Waals surface area contributed by atoms with Crippen molar-refractivity contribution < 1.29 is 9.21 Å². The van der Waals surface area contributed by atoms with Crippen molar-refractivity contribution in [1.82, 2.24) is 0 Å². The molecule has 1 amide bonds. The van der Waals surface area contributed by atoms with Crippen molar-refractivity contribution in [3.63, 3.8) is 0 Å². The molecule has 1 N–H and O–H groups in total. The Bertz CT molecular complexity index is 1200. The second kappa shape index (κ2) is 6.15. The monoisotopic (exact) mass is 343 g/mol. The number of anilines is 1. The van der Waals surface area contributed by atoms with E-state index >= 15 is 0 Å². The van der Waals surface area contributed by atoms with Gasteiger partial charge >= 0.3 is 0 Å². The SMILES string of the molecule is Cc1ccc(C(=O)Nc2ccc3c(=O)c4cccc(C)c4oc3c2)cc1. The highest BCUT2D eigenvalue weighted by atomic mass is 16.3. The molecule has 0 aliphatic carbocycles. The van der Waals surface area contributed by atoms with E-state index in [-0.39, 0.29) is 11.3 Å². The largest absolute Gasteiger partial charge is 0.455 e. The topological polar surface area (TPSA) is 59.3 Å². The molecular weight excluding hydrogens is 326 g/mol. The van der Waals surface area contributed by atoms with Gasteiger partial charge in [-0.2, -0.15) is 0 Å². The van der Waals surface area contributed by atoms with Gasteiger partial charge < -0.3 is 9.73 Å². The summed E-state index contributed by atoms with van der Waals surface area (Å²) in [6, 6.07) is 17.9. The quantitative estimate of drug-likeness (QED) is 0.531. The highest BCUT2D eigenvalue weighted by molar-refractivity contribution is 6.05. The molecule has 128 valence electrons. The summed E-state index contributed by atoms with van der Waals surface area (Å²) >= 11 is 0. The maximum Gasteiger partial charge on any atom is 0.255 e. The minimum absolute atomic E-state index is 0.0682. The molecule has 4 rings (SSSR count). The van der Waals surface area contributed by atoms with Crippen LogP contribution in [0, 0.1) is 13.8 Å². The standard InChI is InChI=1S/C22H17NO3/c1-13-6-8-15(9-7-13)22(25)23-16-10-11-17-19(12-16)26-21-14(2)4-3-5-18(21)20(17)24/h3-12H,1-2H3,(H,23,25). The summed E-state index contributed by atoms with van der Waals surface area (Å²) in [5, 5.41) is 3.91. The number of nitrogens with one attached hydrogen (secondary N) is 1. The summed E-state index contributed by atoms with van der Waals surface area (Å²) in [6.07, 6.45) is 0. The third kappa shape index (κ3) is 2.75. The number of aryl methyl sites for hydroxylation is 2. The fourth-order valence-electron chi connectivity index (χ4n) is 3.00.